The van der Waals surface area contributed by atoms with Crippen LogP contribution in [0.3, 0.4) is 0 Å². The van der Waals surface area contributed by atoms with Crippen molar-refractivity contribution in [1.82, 2.24) is 0 Å². The molecule has 2 nitrogen and oxygen atoms in total. The third-order valence-electron chi connectivity index (χ3n) is 19.8. The fourth-order valence-corrected chi connectivity index (χ4v) is 17.4. The number of hydrogen-bond donors (Lipinski definition) is 0. The zero-order valence-corrected chi connectivity index (χ0v) is 50.3. The first-order valence-corrected chi connectivity index (χ1v) is 32.7. The van der Waals surface area contributed by atoms with Crippen molar-refractivity contribution in [3.8, 4) is 11.1 Å². The molecule has 0 amide bonds. The zero-order valence-electron chi connectivity index (χ0n) is 48.4. The third kappa shape index (κ3) is 7.49. The predicted molar refractivity (Wildman–Crippen MR) is 329 cm³/mol. The SMILES string of the molecule is CC(C)(C)c1ccc2sc3c(c2c1)B1c2cc4c(cc2N(c2ccc5c(c2)C(C)(C)CCC5(C)C)c2cc(-c5ccccc5[Si](C)(C)C)cc(c21)N3c1ccc2c(c1)C(C)(C)CCC2(C)C)C(C)(C)CCC4(C)C. The van der Waals surface area contributed by atoms with Gasteiger partial charge in [-0.1, -0.05) is 183 Å². The summed E-state index contributed by atoms with van der Waals surface area (Å²) in [4.78, 5) is 5.54. The Morgan fingerprint density at radius 1 is 0.473 bits per heavy atom. The van der Waals surface area contributed by atoms with Crippen molar-refractivity contribution in [2.45, 2.75) is 200 Å². The molecule has 5 heteroatoms. The van der Waals surface area contributed by atoms with Crippen LogP contribution < -0.4 is 31.4 Å². The van der Waals surface area contributed by atoms with Crippen LogP contribution in [0.25, 0.3) is 21.2 Å². The zero-order chi connectivity index (χ0) is 52.8. The Kier molecular flexibility index (Phi) is 10.7. The molecule has 12 rings (SSSR count). The molecule has 0 unspecified atom stereocenters. The Balaban J connectivity index is 1.27. The summed E-state index contributed by atoms with van der Waals surface area (Å²) in [6.45, 7) is 44.7. The van der Waals surface area contributed by atoms with Crippen LogP contribution in [-0.4, -0.2) is 14.8 Å². The number of thiophene rings is 1. The molecule has 3 aliphatic carbocycles. The predicted octanol–water partition coefficient (Wildman–Crippen LogP) is 17.5. The molecule has 0 saturated carbocycles. The van der Waals surface area contributed by atoms with Crippen molar-refractivity contribution < 1.29 is 0 Å². The second kappa shape index (κ2) is 15.9. The average molecular weight is 1010 g/mol. The van der Waals surface area contributed by atoms with Gasteiger partial charge < -0.3 is 9.80 Å². The second-order valence-corrected chi connectivity index (χ2v) is 35.9. The molecule has 0 fully saturated rings. The van der Waals surface area contributed by atoms with Crippen molar-refractivity contribution in [2.75, 3.05) is 9.80 Å². The summed E-state index contributed by atoms with van der Waals surface area (Å²) in [5.74, 6) is 0. The standard InChI is InChI=1S/C69H83BN2SSi/c1-63(2,3)43-23-28-58-47(37-43)60-62(73-58)72(45-25-27-49-51(39-45)67(10,11)32-30-65(49,6)7)57-36-42(46-21-19-20-22-59(46)74(16,17)18)35-56-61(57)70(60)54-40-52-53(69(14,15)34-33-68(52,12)13)41-55(54)71(56)44-24-26-48-50(38-44)66(8,9)31-29-64(48,4)5/h19-28,35-41H,29-34H2,1-18H3. The van der Waals surface area contributed by atoms with Gasteiger partial charge in [0.05, 0.1) is 13.1 Å². The van der Waals surface area contributed by atoms with Gasteiger partial charge in [0, 0.05) is 33.1 Å². The van der Waals surface area contributed by atoms with Crippen molar-refractivity contribution in [3.63, 3.8) is 0 Å². The van der Waals surface area contributed by atoms with Gasteiger partial charge in [-0.2, -0.15) is 0 Å². The van der Waals surface area contributed by atoms with Crippen molar-refractivity contribution in [2.24, 2.45) is 0 Å². The molecule has 0 N–H and O–H groups in total. The number of fused-ring (bicyclic) bond motifs is 9. The Labute approximate surface area is 451 Å². The van der Waals surface area contributed by atoms with E-state index in [0.717, 1.165) is 0 Å². The lowest BCUT2D eigenvalue weighted by molar-refractivity contribution is 0.332. The highest BCUT2D eigenvalue weighted by Gasteiger charge is 2.49. The van der Waals surface area contributed by atoms with Crippen molar-refractivity contribution >= 4 is 91.2 Å². The van der Waals surface area contributed by atoms with E-state index in [2.05, 4.69) is 236 Å². The highest BCUT2D eigenvalue weighted by molar-refractivity contribution is 7.26. The second-order valence-electron chi connectivity index (χ2n) is 29.8. The normalized spacial score (nSPS) is 20.3. The molecule has 0 bridgehead atoms. The van der Waals surface area contributed by atoms with E-state index in [9.17, 15) is 0 Å². The number of rotatable bonds is 4. The van der Waals surface area contributed by atoms with E-state index in [0.29, 0.717) is 0 Å². The Hall–Kier alpha value is -4.84. The third-order valence-corrected chi connectivity index (χ3v) is 23.0. The average Bonchev–Trinajstić information content (AvgIpc) is 3.71. The van der Waals surface area contributed by atoms with E-state index >= 15 is 0 Å². The molecule has 0 radical (unpaired) electrons. The van der Waals surface area contributed by atoms with Crippen LogP contribution in [-0.2, 0) is 37.9 Å². The molecule has 382 valence electrons. The van der Waals surface area contributed by atoms with Crippen LogP contribution in [0.1, 0.15) is 181 Å². The molecule has 2 aliphatic heterocycles. The number of hydrogen-bond acceptors (Lipinski definition) is 3. The summed E-state index contributed by atoms with van der Waals surface area (Å²) >= 11 is 2.02. The first kappa shape index (κ1) is 50.0. The van der Waals surface area contributed by atoms with E-state index in [1.54, 1.807) is 0 Å². The van der Waals surface area contributed by atoms with Gasteiger partial charge >= 0.3 is 0 Å². The van der Waals surface area contributed by atoms with Crippen LogP contribution >= 0.6 is 11.3 Å². The summed E-state index contributed by atoms with van der Waals surface area (Å²) in [6.07, 6.45) is 7.11. The molecule has 0 spiro atoms. The molecule has 74 heavy (non-hydrogen) atoms. The lowest BCUT2D eigenvalue weighted by Gasteiger charge is -2.48. The van der Waals surface area contributed by atoms with E-state index in [-0.39, 0.29) is 44.6 Å². The number of nitrogens with zero attached hydrogens (tertiary/aromatic N) is 2. The fraction of sp³-hybridized carbons (Fsp3) is 0.449. The Bertz CT molecular complexity index is 3510. The van der Waals surface area contributed by atoms with Gasteiger partial charge in [-0.15, -0.1) is 11.3 Å². The summed E-state index contributed by atoms with van der Waals surface area (Å²) in [6, 6.07) is 43.0. The minimum atomic E-state index is -1.81. The number of anilines is 6. The molecule has 7 aromatic rings. The van der Waals surface area contributed by atoms with Crippen molar-refractivity contribution in [1.29, 1.82) is 0 Å². The highest BCUT2D eigenvalue weighted by Crippen LogP contribution is 2.56. The van der Waals surface area contributed by atoms with E-state index in [1.165, 1.54) is 154 Å². The quantitative estimate of drug-likeness (QED) is 0.162. The topological polar surface area (TPSA) is 6.48 Å². The minimum absolute atomic E-state index is 0.000707. The molecular formula is C69H83BN2SSi. The maximum atomic E-state index is 2.78. The van der Waals surface area contributed by atoms with Crippen LogP contribution in [0.2, 0.25) is 19.6 Å². The van der Waals surface area contributed by atoms with Gasteiger partial charge in [-0.25, -0.2) is 0 Å². The first-order chi connectivity index (χ1) is 34.4. The molecule has 3 heterocycles. The van der Waals surface area contributed by atoms with Gasteiger partial charge in [0.15, 0.2) is 0 Å². The Morgan fingerprint density at radius 2 is 0.946 bits per heavy atom. The maximum Gasteiger partial charge on any atom is 0.254 e. The van der Waals surface area contributed by atoms with Gasteiger partial charge in [-0.05, 0) is 197 Å². The Morgan fingerprint density at radius 3 is 1.47 bits per heavy atom. The summed E-state index contributed by atoms with van der Waals surface area (Å²) < 4.78 is 1.37. The monoisotopic (exact) mass is 1010 g/mol. The highest BCUT2D eigenvalue weighted by atomic mass is 32.1. The molecule has 6 aromatic carbocycles. The first-order valence-electron chi connectivity index (χ1n) is 28.3. The van der Waals surface area contributed by atoms with Gasteiger partial charge in [0.2, 0.25) is 0 Å². The van der Waals surface area contributed by atoms with E-state index in [4.69, 9.17) is 0 Å². The van der Waals surface area contributed by atoms with Gasteiger partial charge in [0.25, 0.3) is 6.71 Å². The fourth-order valence-electron chi connectivity index (χ4n) is 14.6. The smallest absolute Gasteiger partial charge is 0.254 e. The largest absolute Gasteiger partial charge is 0.311 e. The lowest BCUT2D eigenvalue weighted by atomic mass is 9.33. The van der Waals surface area contributed by atoms with Gasteiger partial charge in [0.1, 0.15) is 0 Å². The summed E-state index contributed by atoms with van der Waals surface area (Å²) in [5.41, 5.74) is 24.5. The minimum Gasteiger partial charge on any atom is -0.311 e. The summed E-state index contributed by atoms with van der Waals surface area (Å²) in [7, 11) is -1.81. The van der Waals surface area contributed by atoms with Crippen LogP contribution in [0.15, 0.2) is 103 Å². The van der Waals surface area contributed by atoms with Crippen LogP contribution in [0.5, 0.6) is 0 Å². The van der Waals surface area contributed by atoms with Crippen LogP contribution in [0, 0.1) is 0 Å². The van der Waals surface area contributed by atoms with E-state index in [1.807, 2.05) is 11.3 Å². The van der Waals surface area contributed by atoms with Crippen molar-refractivity contribution in [3.05, 3.63) is 142 Å². The molecule has 1 aromatic heterocycles. The summed E-state index contributed by atoms with van der Waals surface area (Å²) in [5, 5.41) is 4.29. The van der Waals surface area contributed by atoms with Crippen LogP contribution in [0.4, 0.5) is 33.4 Å². The number of benzene rings is 6. The maximum absolute atomic E-state index is 2.78. The lowest BCUT2D eigenvalue weighted by Crippen LogP contribution is -2.61. The molecule has 5 aliphatic rings. The molecule has 0 saturated heterocycles. The van der Waals surface area contributed by atoms with E-state index < -0.39 is 8.07 Å². The molecular weight excluding hydrogens is 928 g/mol. The van der Waals surface area contributed by atoms with Gasteiger partial charge in [-0.3, -0.25) is 0 Å². The molecule has 0 atom stereocenters.